The molecule has 0 aliphatic carbocycles. The second-order valence-electron chi connectivity index (χ2n) is 9.33. The van der Waals surface area contributed by atoms with E-state index in [0.29, 0.717) is 12.3 Å². The minimum Gasteiger partial charge on any atom is -0.474 e. The highest BCUT2D eigenvalue weighted by Gasteiger charge is 2.25. The molecule has 1 aromatic carbocycles. The van der Waals surface area contributed by atoms with Crippen LogP contribution in [0, 0.1) is 0 Å². The average molecular weight is 451 g/mol. The number of aromatic nitrogens is 1. The van der Waals surface area contributed by atoms with Crippen LogP contribution >= 0.6 is 0 Å². The van der Waals surface area contributed by atoms with Crippen molar-refractivity contribution in [2.45, 2.75) is 38.2 Å². The van der Waals surface area contributed by atoms with Crippen LogP contribution in [-0.4, -0.2) is 74.9 Å². The summed E-state index contributed by atoms with van der Waals surface area (Å²) >= 11 is 0. The zero-order valence-corrected chi connectivity index (χ0v) is 19.5. The molecule has 0 spiro atoms. The molecule has 1 amide bonds. The van der Waals surface area contributed by atoms with Gasteiger partial charge in [-0.3, -0.25) is 4.79 Å². The Morgan fingerprint density at radius 2 is 1.85 bits per heavy atom. The number of benzene rings is 1. The van der Waals surface area contributed by atoms with Gasteiger partial charge in [-0.25, -0.2) is 4.98 Å². The van der Waals surface area contributed by atoms with Crippen LogP contribution < -0.4 is 14.5 Å². The number of likely N-dealkylation sites (N-methyl/N-ethyl adjacent to an activating group) is 1. The predicted molar refractivity (Wildman–Crippen MR) is 129 cm³/mol. The molecule has 4 heterocycles. The molecule has 0 atom stereocenters. The summed E-state index contributed by atoms with van der Waals surface area (Å²) in [5.74, 6) is 0.865. The van der Waals surface area contributed by atoms with Crippen LogP contribution in [0.25, 0.3) is 0 Å². The van der Waals surface area contributed by atoms with Gasteiger partial charge in [-0.1, -0.05) is 18.2 Å². The summed E-state index contributed by atoms with van der Waals surface area (Å²) in [6.45, 7) is 6.41. The molecular weight excluding hydrogens is 416 g/mol. The van der Waals surface area contributed by atoms with Gasteiger partial charge in [0, 0.05) is 69.7 Å². The first-order valence-corrected chi connectivity index (χ1v) is 12.2. The molecule has 0 unspecified atom stereocenters. The van der Waals surface area contributed by atoms with Crippen molar-refractivity contribution in [1.82, 2.24) is 9.88 Å². The van der Waals surface area contributed by atoms with E-state index in [4.69, 9.17) is 14.5 Å². The van der Waals surface area contributed by atoms with Crippen molar-refractivity contribution in [3.63, 3.8) is 0 Å². The standard InChI is InChI=1S/C26H34N4O3/c1-28-11-13-29(14-12-28)24-6-3-2-5-20(24)17-21-18-22(30-10-4-7-25(30)31)19-27-26(21)33-23-8-15-32-16-9-23/h2-3,5-6,18-19,23H,4,7-17H2,1H3. The minimum atomic E-state index is 0.122. The Morgan fingerprint density at radius 1 is 1.06 bits per heavy atom. The van der Waals surface area contributed by atoms with E-state index < -0.39 is 0 Å². The lowest BCUT2D eigenvalue weighted by molar-refractivity contribution is -0.117. The maximum Gasteiger partial charge on any atom is 0.227 e. The molecule has 0 saturated carbocycles. The number of amides is 1. The van der Waals surface area contributed by atoms with Crippen LogP contribution in [0.3, 0.4) is 0 Å². The highest BCUT2D eigenvalue weighted by Crippen LogP contribution is 2.32. The number of para-hydroxylation sites is 1. The Labute approximate surface area is 196 Å². The molecule has 0 bridgehead atoms. The zero-order valence-electron chi connectivity index (χ0n) is 19.5. The van der Waals surface area contributed by atoms with Crippen molar-refractivity contribution in [2.24, 2.45) is 0 Å². The average Bonchev–Trinajstić information content (AvgIpc) is 3.28. The number of hydrogen-bond acceptors (Lipinski definition) is 6. The highest BCUT2D eigenvalue weighted by molar-refractivity contribution is 5.95. The molecule has 33 heavy (non-hydrogen) atoms. The van der Waals surface area contributed by atoms with Crippen molar-refractivity contribution in [3.8, 4) is 5.88 Å². The molecule has 0 radical (unpaired) electrons. The third-order valence-corrected chi connectivity index (χ3v) is 6.96. The van der Waals surface area contributed by atoms with Crippen LogP contribution in [0.1, 0.15) is 36.8 Å². The summed E-state index contributed by atoms with van der Waals surface area (Å²) < 4.78 is 11.9. The van der Waals surface area contributed by atoms with Gasteiger partial charge >= 0.3 is 0 Å². The molecule has 176 valence electrons. The van der Waals surface area contributed by atoms with Gasteiger partial charge in [0.05, 0.1) is 25.1 Å². The zero-order chi connectivity index (χ0) is 22.6. The van der Waals surface area contributed by atoms with Gasteiger partial charge in [0.1, 0.15) is 6.10 Å². The second kappa shape index (κ2) is 10.1. The first-order chi connectivity index (χ1) is 16.2. The number of ether oxygens (including phenoxy) is 2. The van der Waals surface area contributed by atoms with E-state index in [-0.39, 0.29) is 12.0 Å². The Balaban J connectivity index is 1.44. The van der Waals surface area contributed by atoms with Gasteiger partial charge in [-0.2, -0.15) is 0 Å². The third-order valence-electron chi connectivity index (χ3n) is 6.96. The van der Waals surface area contributed by atoms with Crippen molar-refractivity contribution in [2.75, 3.05) is 62.8 Å². The normalized spacial score (nSPS) is 20.5. The number of carbonyl (C=O) groups excluding carboxylic acids is 1. The number of nitrogens with zero attached hydrogens (tertiary/aromatic N) is 4. The van der Waals surface area contributed by atoms with Crippen molar-refractivity contribution >= 4 is 17.3 Å². The van der Waals surface area contributed by atoms with Crippen molar-refractivity contribution < 1.29 is 14.3 Å². The molecule has 3 fully saturated rings. The van der Waals surface area contributed by atoms with Gasteiger partial charge < -0.3 is 24.2 Å². The molecule has 3 saturated heterocycles. The lowest BCUT2D eigenvalue weighted by atomic mass is 10.0. The van der Waals surface area contributed by atoms with Crippen LogP contribution in [0.4, 0.5) is 11.4 Å². The van der Waals surface area contributed by atoms with E-state index in [2.05, 4.69) is 47.2 Å². The summed E-state index contributed by atoms with van der Waals surface area (Å²) in [6, 6.07) is 10.8. The first-order valence-electron chi connectivity index (χ1n) is 12.2. The molecule has 3 aliphatic heterocycles. The number of carbonyl (C=O) groups is 1. The maximum atomic E-state index is 12.4. The second-order valence-corrected chi connectivity index (χ2v) is 9.33. The Kier molecular flexibility index (Phi) is 6.78. The molecule has 7 heteroatoms. The molecular formula is C26H34N4O3. The molecule has 5 rings (SSSR count). The molecule has 1 aromatic heterocycles. The fraction of sp³-hybridized carbons (Fsp3) is 0.538. The predicted octanol–water partition coefficient (Wildman–Crippen LogP) is 3.11. The summed E-state index contributed by atoms with van der Waals surface area (Å²) in [4.78, 5) is 23.8. The Hall–Kier alpha value is -2.64. The smallest absolute Gasteiger partial charge is 0.227 e. The number of pyridine rings is 1. The maximum absolute atomic E-state index is 12.4. The van der Waals surface area contributed by atoms with Gasteiger partial charge in [-0.05, 0) is 31.2 Å². The third kappa shape index (κ3) is 5.14. The summed E-state index contributed by atoms with van der Waals surface area (Å²) in [6.07, 6.45) is 5.92. The SMILES string of the molecule is CN1CCN(c2ccccc2Cc2cc(N3CCCC3=O)cnc2OC2CCOCC2)CC1. The van der Waals surface area contributed by atoms with Crippen LogP contribution in [0.15, 0.2) is 36.5 Å². The number of piperazine rings is 1. The van der Waals surface area contributed by atoms with Crippen LogP contribution in [0.2, 0.25) is 0 Å². The van der Waals surface area contributed by atoms with Crippen molar-refractivity contribution in [1.29, 1.82) is 0 Å². The van der Waals surface area contributed by atoms with E-state index in [0.717, 1.165) is 82.9 Å². The number of anilines is 2. The largest absolute Gasteiger partial charge is 0.474 e. The van der Waals surface area contributed by atoms with E-state index in [1.54, 1.807) is 6.20 Å². The first kappa shape index (κ1) is 22.2. The fourth-order valence-electron chi connectivity index (χ4n) is 4.96. The van der Waals surface area contributed by atoms with Gasteiger partial charge in [0.25, 0.3) is 0 Å². The highest BCUT2D eigenvalue weighted by atomic mass is 16.5. The fourth-order valence-corrected chi connectivity index (χ4v) is 4.96. The summed E-state index contributed by atoms with van der Waals surface area (Å²) in [7, 11) is 2.18. The molecule has 0 N–H and O–H groups in total. The molecule has 2 aromatic rings. The number of hydrogen-bond donors (Lipinski definition) is 0. The Morgan fingerprint density at radius 3 is 2.61 bits per heavy atom. The lowest BCUT2D eigenvalue weighted by Gasteiger charge is -2.35. The molecule has 7 nitrogen and oxygen atoms in total. The van der Waals surface area contributed by atoms with Crippen molar-refractivity contribution in [3.05, 3.63) is 47.7 Å². The van der Waals surface area contributed by atoms with E-state index in [1.165, 1.54) is 11.3 Å². The van der Waals surface area contributed by atoms with E-state index in [9.17, 15) is 4.79 Å². The monoisotopic (exact) mass is 450 g/mol. The summed E-state index contributed by atoms with van der Waals surface area (Å²) in [5.41, 5.74) is 4.47. The van der Waals surface area contributed by atoms with E-state index in [1.807, 2.05) is 4.90 Å². The number of rotatable bonds is 6. The minimum absolute atomic E-state index is 0.122. The van der Waals surface area contributed by atoms with E-state index >= 15 is 0 Å². The summed E-state index contributed by atoms with van der Waals surface area (Å²) in [5, 5.41) is 0. The Bertz CT molecular complexity index is 968. The van der Waals surface area contributed by atoms with Gasteiger partial charge in [0.2, 0.25) is 11.8 Å². The quantitative estimate of drug-likeness (QED) is 0.674. The van der Waals surface area contributed by atoms with Crippen LogP contribution in [-0.2, 0) is 16.0 Å². The van der Waals surface area contributed by atoms with Gasteiger partial charge in [-0.15, -0.1) is 0 Å². The lowest BCUT2D eigenvalue weighted by Crippen LogP contribution is -2.44. The van der Waals surface area contributed by atoms with Crippen LogP contribution in [0.5, 0.6) is 5.88 Å². The molecule has 3 aliphatic rings. The van der Waals surface area contributed by atoms with Gasteiger partial charge in [0.15, 0.2) is 0 Å². The topological polar surface area (TPSA) is 58.1 Å².